The number of likely N-dealkylation sites (tertiary alicyclic amines) is 1. The number of amides is 1. The summed E-state index contributed by atoms with van der Waals surface area (Å²) in [5.41, 5.74) is -0.518. The lowest BCUT2D eigenvalue weighted by atomic mass is 9.71. The van der Waals surface area contributed by atoms with Gasteiger partial charge in [0.2, 0.25) is 21.9 Å². The molecule has 3 saturated heterocycles. The molecule has 158 valence electrons. The fraction of sp³-hybridized carbons (Fsp3) is 0.750. The van der Waals surface area contributed by atoms with Crippen molar-refractivity contribution in [1.82, 2.24) is 19.2 Å². The van der Waals surface area contributed by atoms with Crippen molar-refractivity contribution < 1.29 is 13.2 Å². The summed E-state index contributed by atoms with van der Waals surface area (Å²) < 4.78 is 26.9. The lowest BCUT2D eigenvalue weighted by Crippen LogP contribution is -2.53. The third-order valence-corrected chi connectivity index (χ3v) is 10.1. The fourth-order valence-corrected chi connectivity index (χ4v) is 7.47. The van der Waals surface area contributed by atoms with Crippen molar-refractivity contribution in [2.45, 2.75) is 55.7 Å². The van der Waals surface area contributed by atoms with Gasteiger partial charge in [0.1, 0.15) is 0 Å². The van der Waals surface area contributed by atoms with Gasteiger partial charge in [-0.2, -0.15) is 0 Å². The molecule has 1 aromatic heterocycles. The molecule has 0 N–H and O–H groups in total. The standard InChI is InChI=1S/C20H29N5O3S/c1-23-17(26)19(5-11-24(12-6-19)18-21-9-2-10-22-18)15-20(23)7-13-25(14-8-20)29(27,28)16-3-4-16/h2,9-10,16H,3-8,11-15H2,1H3. The van der Waals surface area contributed by atoms with Gasteiger partial charge in [-0.05, 0) is 51.0 Å². The second-order valence-corrected chi connectivity index (χ2v) is 11.4. The Morgan fingerprint density at radius 3 is 2.21 bits per heavy atom. The molecule has 0 aromatic carbocycles. The van der Waals surface area contributed by atoms with Crippen LogP contribution < -0.4 is 4.90 Å². The minimum absolute atomic E-state index is 0.157. The highest BCUT2D eigenvalue weighted by Gasteiger charge is 2.59. The molecule has 0 radical (unpaired) electrons. The first-order chi connectivity index (χ1) is 13.9. The maximum atomic E-state index is 13.3. The minimum atomic E-state index is -3.13. The molecule has 1 amide bonds. The zero-order valence-corrected chi connectivity index (χ0v) is 17.8. The number of hydrogen-bond donors (Lipinski definition) is 0. The Hall–Kier alpha value is -1.74. The smallest absolute Gasteiger partial charge is 0.229 e. The SMILES string of the molecule is CN1C(=O)C2(CCN(c3ncccn3)CC2)CC12CCN(S(=O)(=O)C1CC1)CC2. The number of hydrogen-bond acceptors (Lipinski definition) is 6. The Kier molecular flexibility index (Phi) is 4.40. The molecule has 9 heteroatoms. The van der Waals surface area contributed by atoms with E-state index in [1.165, 1.54) is 0 Å². The number of sulfonamides is 1. The average Bonchev–Trinajstić information content (AvgIpc) is 3.58. The Bertz CT molecular complexity index is 886. The fourth-order valence-electron chi connectivity index (χ4n) is 5.62. The van der Waals surface area contributed by atoms with Gasteiger partial charge in [0.15, 0.2) is 0 Å². The Balaban J connectivity index is 1.28. The zero-order valence-electron chi connectivity index (χ0n) is 17.0. The highest BCUT2D eigenvalue weighted by atomic mass is 32.2. The van der Waals surface area contributed by atoms with Gasteiger partial charge in [0, 0.05) is 51.2 Å². The number of anilines is 1. The van der Waals surface area contributed by atoms with E-state index in [0.717, 1.165) is 64.0 Å². The summed E-state index contributed by atoms with van der Waals surface area (Å²) in [6, 6.07) is 1.81. The molecular weight excluding hydrogens is 390 g/mol. The third kappa shape index (κ3) is 3.04. The van der Waals surface area contributed by atoms with E-state index < -0.39 is 10.0 Å². The Morgan fingerprint density at radius 2 is 1.62 bits per heavy atom. The normalized spacial score (nSPS) is 27.1. The first-order valence-corrected chi connectivity index (χ1v) is 12.2. The van der Waals surface area contributed by atoms with E-state index in [9.17, 15) is 13.2 Å². The summed E-state index contributed by atoms with van der Waals surface area (Å²) in [4.78, 5) is 26.1. The number of rotatable bonds is 3. The summed E-state index contributed by atoms with van der Waals surface area (Å²) in [5.74, 6) is 0.971. The third-order valence-electron chi connectivity index (χ3n) is 7.65. The Morgan fingerprint density at radius 1 is 1.00 bits per heavy atom. The van der Waals surface area contributed by atoms with Crippen molar-refractivity contribution in [1.29, 1.82) is 0 Å². The van der Waals surface area contributed by atoms with Crippen LogP contribution in [-0.4, -0.2) is 77.5 Å². The minimum Gasteiger partial charge on any atom is -0.341 e. The van der Waals surface area contributed by atoms with Crippen LogP contribution in [0.15, 0.2) is 18.5 Å². The van der Waals surface area contributed by atoms with Gasteiger partial charge in [0.05, 0.1) is 10.7 Å². The van der Waals surface area contributed by atoms with Crippen LogP contribution in [-0.2, 0) is 14.8 Å². The maximum absolute atomic E-state index is 13.3. The van der Waals surface area contributed by atoms with Gasteiger partial charge in [-0.15, -0.1) is 0 Å². The Labute approximate surface area is 172 Å². The van der Waals surface area contributed by atoms with E-state index in [0.29, 0.717) is 13.1 Å². The summed E-state index contributed by atoms with van der Waals surface area (Å²) in [7, 11) is -1.20. The summed E-state index contributed by atoms with van der Waals surface area (Å²) in [6.07, 6.45) is 9.04. The van der Waals surface area contributed by atoms with Crippen LogP contribution in [0, 0.1) is 5.41 Å². The molecule has 29 heavy (non-hydrogen) atoms. The summed E-state index contributed by atoms with van der Waals surface area (Å²) in [5, 5.41) is -0.157. The molecule has 4 heterocycles. The van der Waals surface area contributed by atoms with E-state index in [1.54, 1.807) is 16.7 Å². The molecular formula is C20H29N5O3S. The van der Waals surface area contributed by atoms with E-state index in [4.69, 9.17) is 0 Å². The number of aromatic nitrogens is 2. The van der Waals surface area contributed by atoms with Crippen LogP contribution in [0.1, 0.15) is 44.9 Å². The number of carbonyl (C=O) groups excluding carboxylic acids is 1. The molecule has 0 atom stereocenters. The van der Waals surface area contributed by atoms with E-state index in [2.05, 4.69) is 14.9 Å². The number of piperidine rings is 2. The van der Waals surface area contributed by atoms with Gasteiger partial charge in [0.25, 0.3) is 0 Å². The molecule has 1 aliphatic carbocycles. The van der Waals surface area contributed by atoms with Crippen LogP contribution in [0.3, 0.4) is 0 Å². The van der Waals surface area contributed by atoms with Crippen LogP contribution in [0.5, 0.6) is 0 Å². The molecule has 1 aromatic rings. The summed E-state index contributed by atoms with van der Waals surface area (Å²) in [6.45, 7) is 2.64. The lowest BCUT2D eigenvalue weighted by Gasteiger charge is -2.43. The summed E-state index contributed by atoms with van der Waals surface area (Å²) >= 11 is 0. The predicted octanol–water partition coefficient (Wildman–Crippen LogP) is 1.25. The molecule has 8 nitrogen and oxygen atoms in total. The number of nitrogens with zero attached hydrogens (tertiary/aromatic N) is 5. The molecule has 5 rings (SSSR count). The van der Waals surface area contributed by atoms with Gasteiger partial charge in [-0.1, -0.05) is 0 Å². The van der Waals surface area contributed by atoms with E-state index in [1.807, 2.05) is 18.0 Å². The molecule has 3 aliphatic heterocycles. The van der Waals surface area contributed by atoms with Crippen LogP contribution in [0.25, 0.3) is 0 Å². The number of carbonyl (C=O) groups is 1. The van der Waals surface area contributed by atoms with Gasteiger partial charge < -0.3 is 9.80 Å². The molecule has 0 unspecified atom stereocenters. The van der Waals surface area contributed by atoms with Crippen molar-refractivity contribution in [3.63, 3.8) is 0 Å². The average molecular weight is 420 g/mol. The van der Waals surface area contributed by atoms with Gasteiger partial charge in [-0.25, -0.2) is 22.7 Å². The van der Waals surface area contributed by atoms with E-state index >= 15 is 0 Å². The predicted molar refractivity (Wildman–Crippen MR) is 109 cm³/mol. The van der Waals surface area contributed by atoms with E-state index in [-0.39, 0.29) is 22.1 Å². The topological polar surface area (TPSA) is 86.7 Å². The first-order valence-electron chi connectivity index (χ1n) is 10.7. The van der Waals surface area contributed by atoms with Crippen LogP contribution in [0.4, 0.5) is 5.95 Å². The monoisotopic (exact) mass is 419 g/mol. The van der Waals surface area contributed by atoms with Crippen LogP contribution >= 0.6 is 0 Å². The maximum Gasteiger partial charge on any atom is 0.229 e. The second kappa shape index (κ2) is 6.63. The molecule has 0 bridgehead atoms. The quantitative estimate of drug-likeness (QED) is 0.733. The van der Waals surface area contributed by atoms with Crippen molar-refractivity contribution >= 4 is 21.9 Å². The van der Waals surface area contributed by atoms with Gasteiger partial charge in [-0.3, -0.25) is 4.79 Å². The molecule has 2 spiro atoms. The highest BCUT2D eigenvalue weighted by Crippen LogP contribution is 2.52. The zero-order chi connectivity index (χ0) is 20.3. The van der Waals surface area contributed by atoms with Crippen molar-refractivity contribution in [2.75, 3.05) is 38.1 Å². The lowest BCUT2D eigenvalue weighted by molar-refractivity contribution is -0.138. The van der Waals surface area contributed by atoms with Crippen molar-refractivity contribution in [3.05, 3.63) is 18.5 Å². The van der Waals surface area contributed by atoms with Crippen molar-refractivity contribution in [3.8, 4) is 0 Å². The second-order valence-electron chi connectivity index (χ2n) is 9.22. The molecule has 4 fully saturated rings. The molecule has 1 saturated carbocycles. The largest absolute Gasteiger partial charge is 0.341 e. The van der Waals surface area contributed by atoms with Crippen molar-refractivity contribution in [2.24, 2.45) is 5.41 Å². The first kappa shape index (κ1) is 19.2. The molecule has 4 aliphatic rings. The highest BCUT2D eigenvalue weighted by molar-refractivity contribution is 7.90. The van der Waals surface area contributed by atoms with Crippen LogP contribution in [0.2, 0.25) is 0 Å². The van der Waals surface area contributed by atoms with Gasteiger partial charge >= 0.3 is 0 Å².